The van der Waals surface area contributed by atoms with Crippen molar-refractivity contribution in [1.29, 1.82) is 0 Å². The Bertz CT molecular complexity index is 972. The topological polar surface area (TPSA) is 68.5 Å². The lowest BCUT2D eigenvalue weighted by atomic mass is 10.1. The number of para-hydroxylation sites is 1. The molecule has 1 aliphatic rings. The van der Waals surface area contributed by atoms with Gasteiger partial charge in [-0.2, -0.15) is 4.98 Å². The number of nitrogens with zero attached hydrogens (tertiary/aromatic N) is 3. The standard InChI is InChI=1S/C20H18FN3O3/c1-2-26-15-7-5-6-13(10-15)19-22-20(27-23-19)14-11-18(25)24(12-14)17-9-4-3-8-16(17)21/h3-10,14H,2,11-12H2,1H3. The molecule has 0 spiro atoms. The second-order valence-corrected chi connectivity index (χ2v) is 6.27. The van der Waals surface area contributed by atoms with Crippen molar-refractivity contribution in [2.45, 2.75) is 19.3 Å². The average molecular weight is 367 g/mol. The van der Waals surface area contributed by atoms with Gasteiger partial charge in [0.2, 0.25) is 17.6 Å². The number of hydrogen-bond donors (Lipinski definition) is 0. The second kappa shape index (κ2) is 7.19. The average Bonchev–Trinajstić information content (AvgIpc) is 3.30. The zero-order valence-electron chi connectivity index (χ0n) is 14.8. The Morgan fingerprint density at radius 2 is 2.11 bits per heavy atom. The number of ether oxygens (including phenoxy) is 1. The molecule has 0 bridgehead atoms. The Morgan fingerprint density at radius 1 is 1.26 bits per heavy atom. The van der Waals surface area contributed by atoms with E-state index in [0.717, 1.165) is 11.3 Å². The first-order valence-corrected chi connectivity index (χ1v) is 8.77. The van der Waals surface area contributed by atoms with E-state index in [2.05, 4.69) is 10.1 Å². The van der Waals surface area contributed by atoms with E-state index >= 15 is 0 Å². The van der Waals surface area contributed by atoms with Gasteiger partial charge in [0.25, 0.3) is 0 Å². The van der Waals surface area contributed by atoms with Crippen molar-refractivity contribution < 1.29 is 18.4 Å². The van der Waals surface area contributed by atoms with E-state index in [-0.39, 0.29) is 23.9 Å². The maximum absolute atomic E-state index is 14.0. The molecule has 1 atom stereocenters. The number of amides is 1. The summed E-state index contributed by atoms with van der Waals surface area (Å²) in [5.74, 6) is 0.674. The lowest BCUT2D eigenvalue weighted by Gasteiger charge is -2.16. The Balaban J connectivity index is 1.55. The van der Waals surface area contributed by atoms with Gasteiger partial charge in [0.15, 0.2) is 0 Å². The molecule has 0 radical (unpaired) electrons. The molecule has 1 saturated heterocycles. The fourth-order valence-electron chi connectivity index (χ4n) is 3.19. The fraction of sp³-hybridized carbons (Fsp3) is 0.250. The largest absolute Gasteiger partial charge is 0.494 e. The molecule has 1 unspecified atom stereocenters. The minimum absolute atomic E-state index is 0.164. The van der Waals surface area contributed by atoms with Crippen LogP contribution in [-0.2, 0) is 4.79 Å². The highest BCUT2D eigenvalue weighted by molar-refractivity contribution is 5.96. The number of aromatic nitrogens is 2. The van der Waals surface area contributed by atoms with Gasteiger partial charge in [-0.3, -0.25) is 4.79 Å². The summed E-state index contributed by atoms with van der Waals surface area (Å²) >= 11 is 0. The number of carbonyl (C=O) groups is 1. The van der Waals surface area contributed by atoms with Gasteiger partial charge in [0.05, 0.1) is 18.2 Å². The van der Waals surface area contributed by atoms with Crippen LogP contribution in [0.3, 0.4) is 0 Å². The SMILES string of the molecule is CCOc1cccc(-c2noc(C3CC(=O)N(c4ccccc4F)C3)n2)c1. The third kappa shape index (κ3) is 3.40. The molecule has 0 aliphatic carbocycles. The van der Waals surface area contributed by atoms with Crippen LogP contribution in [0.15, 0.2) is 53.1 Å². The molecule has 27 heavy (non-hydrogen) atoms. The quantitative estimate of drug-likeness (QED) is 0.686. The number of anilines is 1. The molecule has 138 valence electrons. The highest BCUT2D eigenvalue weighted by Gasteiger charge is 2.36. The van der Waals surface area contributed by atoms with Gasteiger partial charge >= 0.3 is 0 Å². The van der Waals surface area contributed by atoms with Crippen molar-refractivity contribution in [3.05, 3.63) is 60.2 Å². The number of rotatable bonds is 5. The van der Waals surface area contributed by atoms with Crippen LogP contribution in [0.4, 0.5) is 10.1 Å². The normalized spacial score (nSPS) is 16.7. The second-order valence-electron chi connectivity index (χ2n) is 6.27. The van der Waals surface area contributed by atoms with Crippen LogP contribution in [0, 0.1) is 5.82 Å². The molecule has 1 aliphatic heterocycles. The molecule has 1 amide bonds. The van der Waals surface area contributed by atoms with Crippen LogP contribution in [0.2, 0.25) is 0 Å². The van der Waals surface area contributed by atoms with E-state index in [9.17, 15) is 9.18 Å². The van der Waals surface area contributed by atoms with Crippen LogP contribution in [0.1, 0.15) is 25.2 Å². The van der Waals surface area contributed by atoms with Gasteiger partial charge in [-0.1, -0.05) is 29.4 Å². The summed E-state index contributed by atoms with van der Waals surface area (Å²) in [6.07, 6.45) is 0.203. The third-order valence-corrected chi connectivity index (χ3v) is 4.46. The minimum atomic E-state index is -0.426. The van der Waals surface area contributed by atoms with Crippen LogP contribution in [0.5, 0.6) is 5.75 Å². The highest BCUT2D eigenvalue weighted by Crippen LogP contribution is 2.33. The molecule has 7 heteroatoms. The summed E-state index contributed by atoms with van der Waals surface area (Å²) in [5, 5.41) is 4.03. The van der Waals surface area contributed by atoms with Crippen LogP contribution >= 0.6 is 0 Å². The van der Waals surface area contributed by atoms with Crippen molar-refractivity contribution >= 4 is 11.6 Å². The number of halogens is 1. The van der Waals surface area contributed by atoms with Crippen molar-refractivity contribution in [3.8, 4) is 17.1 Å². The van der Waals surface area contributed by atoms with E-state index in [1.807, 2.05) is 31.2 Å². The summed E-state index contributed by atoms with van der Waals surface area (Å²) in [4.78, 5) is 18.2. The van der Waals surface area contributed by atoms with Crippen LogP contribution < -0.4 is 9.64 Å². The molecule has 1 aromatic heterocycles. The minimum Gasteiger partial charge on any atom is -0.494 e. The van der Waals surface area contributed by atoms with Gasteiger partial charge < -0.3 is 14.2 Å². The Hall–Kier alpha value is -3.22. The van der Waals surface area contributed by atoms with Gasteiger partial charge in [0, 0.05) is 18.5 Å². The molecule has 3 aromatic rings. The Morgan fingerprint density at radius 3 is 2.93 bits per heavy atom. The number of hydrogen-bond acceptors (Lipinski definition) is 5. The van der Waals surface area contributed by atoms with Crippen molar-refractivity contribution in [3.63, 3.8) is 0 Å². The Kier molecular flexibility index (Phi) is 4.58. The first kappa shape index (κ1) is 17.2. The molecule has 2 aromatic carbocycles. The summed E-state index contributed by atoms with van der Waals surface area (Å²) in [6, 6.07) is 13.6. The van der Waals surface area contributed by atoms with E-state index < -0.39 is 5.82 Å². The molecule has 6 nitrogen and oxygen atoms in total. The molecular formula is C20H18FN3O3. The van der Waals surface area contributed by atoms with Gasteiger partial charge in [0.1, 0.15) is 11.6 Å². The molecular weight excluding hydrogens is 349 g/mol. The lowest BCUT2D eigenvalue weighted by molar-refractivity contribution is -0.117. The molecule has 0 N–H and O–H groups in total. The predicted octanol–water partition coefficient (Wildman–Crippen LogP) is 3.79. The van der Waals surface area contributed by atoms with Crippen molar-refractivity contribution in [2.75, 3.05) is 18.1 Å². The summed E-state index contributed by atoms with van der Waals surface area (Å²) in [5.41, 5.74) is 1.04. The predicted molar refractivity (Wildman–Crippen MR) is 97.0 cm³/mol. The molecule has 4 rings (SSSR count). The van der Waals surface area contributed by atoms with Gasteiger partial charge in [-0.25, -0.2) is 4.39 Å². The zero-order valence-corrected chi connectivity index (χ0v) is 14.8. The summed E-state index contributed by atoms with van der Waals surface area (Å²) in [6.45, 7) is 2.79. The Labute approximate surface area is 155 Å². The molecule has 2 heterocycles. The number of carbonyl (C=O) groups excluding carboxylic acids is 1. The van der Waals surface area contributed by atoms with E-state index in [4.69, 9.17) is 9.26 Å². The summed E-state index contributed by atoms with van der Waals surface area (Å²) in [7, 11) is 0. The first-order valence-electron chi connectivity index (χ1n) is 8.77. The smallest absolute Gasteiger partial charge is 0.232 e. The molecule has 0 saturated carbocycles. The lowest BCUT2D eigenvalue weighted by Crippen LogP contribution is -2.25. The third-order valence-electron chi connectivity index (χ3n) is 4.46. The maximum Gasteiger partial charge on any atom is 0.232 e. The maximum atomic E-state index is 14.0. The van der Waals surface area contributed by atoms with Crippen molar-refractivity contribution in [2.24, 2.45) is 0 Å². The van der Waals surface area contributed by atoms with Crippen LogP contribution in [0.25, 0.3) is 11.4 Å². The highest BCUT2D eigenvalue weighted by atomic mass is 19.1. The van der Waals surface area contributed by atoms with Crippen molar-refractivity contribution in [1.82, 2.24) is 10.1 Å². The first-order chi connectivity index (χ1) is 13.2. The fourth-order valence-corrected chi connectivity index (χ4v) is 3.19. The van der Waals surface area contributed by atoms with E-state index in [0.29, 0.717) is 24.9 Å². The van der Waals surface area contributed by atoms with E-state index in [1.165, 1.54) is 11.0 Å². The number of benzene rings is 2. The van der Waals surface area contributed by atoms with Gasteiger partial charge in [-0.05, 0) is 31.2 Å². The zero-order chi connectivity index (χ0) is 18.8. The van der Waals surface area contributed by atoms with Gasteiger partial charge in [-0.15, -0.1) is 0 Å². The van der Waals surface area contributed by atoms with Crippen LogP contribution in [-0.4, -0.2) is 29.2 Å². The monoisotopic (exact) mass is 367 g/mol. The molecule has 1 fully saturated rings. The summed E-state index contributed by atoms with van der Waals surface area (Å²) < 4.78 is 24.9. The van der Waals surface area contributed by atoms with E-state index in [1.54, 1.807) is 18.2 Å².